The fraction of sp³-hybridized carbons (Fsp3) is 0.292. The average molecular weight is 573 g/mol. The number of benzene rings is 2. The van der Waals surface area contributed by atoms with E-state index in [2.05, 4.69) is 4.98 Å². The molecule has 0 saturated heterocycles. The lowest BCUT2D eigenvalue weighted by atomic mass is 9.98. The Morgan fingerprint density at radius 1 is 0.800 bits per heavy atom. The normalized spacial score (nSPS) is 17.3. The number of halogens is 4. The van der Waals surface area contributed by atoms with Crippen LogP contribution in [0, 0.1) is 0 Å². The van der Waals surface area contributed by atoms with Crippen LogP contribution in [0.5, 0.6) is 5.75 Å². The molecule has 2 aromatic carbocycles. The Morgan fingerprint density at radius 3 is 2.00 bits per heavy atom. The predicted molar refractivity (Wildman–Crippen MR) is 136 cm³/mol. The van der Waals surface area contributed by atoms with E-state index in [1.165, 1.54) is 6.07 Å². The molecular weight excluding hydrogens is 556 g/mol. The Kier molecular flexibility index (Phi) is 6.51. The Morgan fingerprint density at radius 2 is 1.40 bits per heavy atom. The van der Waals surface area contributed by atoms with E-state index >= 15 is 0 Å². The van der Waals surface area contributed by atoms with E-state index in [9.17, 15) is 18.0 Å². The SMILES string of the molecule is O=C1c2c(Cl)c(Cl)c(Cl)c(Cl)c2C(=O)C1c1ccc2c(OS(=O)(=O)C3CCCCC3)cccc2n1. The van der Waals surface area contributed by atoms with E-state index in [1.54, 1.807) is 24.3 Å². The van der Waals surface area contributed by atoms with Gasteiger partial charge in [-0.2, -0.15) is 8.42 Å². The minimum atomic E-state index is -3.82. The van der Waals surface area contributed by atoms with Crippen LogP contribution in [0.2, 0.25) is 20.1 Å². The van der Waals surface area contributed by atoms with Gasteiger partial charge in [-0.25, -0.2) is 0 Å². The van der Waals surface area contributed by atoms with E-state index in [0.717, 1.165) is 19.3 Å². The minimum Gasteiger partial charge on any atom is -0.381 e. The maximum atomic E-state index is 13.2. The Bertz CT molecular complexity index is 1470. The van der Waals surface area contributed by atoms with Crippen molar-refractivity contribution >= 4 is 79.0 Å². The second-order valence-corrected chi connectivity index (χ2v) is 11.9. The van der Waals surface area contributed by atoms with Crippen molar-refractivity contribution in [1.82, 2.24) is 4.98 Å². The lowest BCUT2D eigenvalue weighted by Crippen LogP contribution is -2.28. The zero-order valence-electron chi connectivity index (χ0n) is 18.0. The molecule has 2 aliphatic rings. The Labute approximate surface area is 221 Å². The molecule has 3 aromatic rings. The summed E-state index contributed by atoms with van der Waals surface area (Å²) in [4.78, 5) is 30.9. The largest absolute Gasteiger partial charge is 0.381 e. The highest BCUT2D eigenvalue weighted by Crippen LogP contribution is 2.48. The van der Waals surface area contributed by atoms with Gasteiger partial charge in [0.2, 0.25) is 0 Å². The molecule has 1 heterocycles. The second kappa shape index (κ2) is 9.20. The van der Waals surface area contributed by atoms with Crippen molar-refractivity contribution in [1.29, 1.82) is 0 Å². The molecule has 0 N–H and O–H groups in total. The number of fused-ring (bicyclic) bond motifs is 2. The molecule has 1 saturated carbocycles. The molecule has 0 spiro atoms. The summed E-state index contributed by atoms with van der Waals surface area (Å²) in [6.45, 7) is 0. The van der Waals surface area contributed by atoms with Gasteiger partial charge in [0, 0.05) is 5.39 Å². The maximum absolute atomic E-state index is 13.2. The molecule has 35 heavy (non-hydrogen) atoms. The van der Waals surface area contributed by atoms with E-state index in [0.29, 0.717) is 23.7 Å². The number of ketones is 2. The van der Waals surface area contributed by atoms with Crippen LogP contribution in [0.3, 0.4) is 0 Å². The van der Waals surface area contributed by atoms with Gasteiger partial charge in [0.05, 0.1) is 47.7 Å². The monoisotopic (exact) mass is 571 g/mol. The van der Waals surface area contributed by atoms with Crippen molar-refractivity contribution in [2.24, 2.45) is 0 Å². The van der Waals surface area contributed by atoms with Gasteiger partial charge in [-0.3, -0.25) is 14.6 Å². The van der Waals surface area contributed by atoms with Crippen molar-refractivity contribution in [3.63, 3.8) is 0 Å². The zero-order valence-corrected chi connectivity index (χ0v) is 21.8. The lowest BCUT2D eigenvalue weighted by Gasteiger charge is -2.21. The molecule has 0 unspecified atom stereocenters. The molecule has 182 valence electrons. The van der Waals surface area contributed by atoms with Gasteiger partial charge in [0.25, 0.3) is 0 Å². The maximum Gasteiger partial charge on any atom is 0.312 e. The number of carbonyl (C=O) groups is 2. The Balaban J connectivity index is 1.53. The number of carbonyl (C=O) groups excluding carboxylic acids is 2. The van der Waals surface area contributed by atoms with E-state index in [4.69, 9.17) is 50.6 Å². The quantitative estimate of drug-likeness (QED) is 0.144. The van der Waals surface area contributed by atoms with E-state index < -0.39 is 32.9 Å². The summed E-state index contributed by atoms with van der Waals surface area (Å²) < 4.78 is 31.2. The van der Waals surface area contributed by atoms with E-state index in [1.807, 2.05) is 0 Å². The smallest absolute Gasteiger partial charge is 0.312 e. The first-order valence-corrected chi connectivity index (χ1v) is 13.9. The molecule has 0 aliphatic heterocycles. The summed E-state index contributed by atoms with van der Waals surface area (Å²) in [5, 5.41) is -0.590. The summed E-state index contributed by atoms with van der Waals surface area (Å²) in [7, 11) is -3.82. The van der Waals surface area contributed by atoms with Gasteiger partial charge in [0.1, 0.15) is 5.92 Å². The number of Topliss-reactive ketones (excluding diaryl/α,β-unsaturated/α-hetero) is 2. The van der Waals surface area contributed by atoms with Crippen LogP contribution in [0.25, 0.3) is 10.9 Å². The van der Waals surface area contributed by atoms with Crippen LogP contribution < -0.4 is 4.18 Å². The molecule has 0 amide bonds. The van der Waals surface area contributed by atoms with Gasteiger partial charge in [-0.05, 0) is 37.1 Å². The highest BCUT2D eigenvalue weighted by Gasteiger charge is 2.45. The third kappa shape index (κ3) is 4.11. The van der Waals surface area contributed by atoms with Crippen LogP contribution >= 0.6 is 46.4 Å². The zero-order chi connectivity index (χ0) is 25.1. The number of aromatic nitrogens is 1. The van der Waals surface area contributed by atoms with Crippen LogP contribution in [0.15, 0.2) is 30.3 Å². The van der Waals surface area contributed by atoms with Crippen molar-refractivity contribution in [2.45, 2.75) is 43.3 Å². The molecule has 0 atom stereocenters. The topological polar surface area (TPSA) is 90.4 Å². The van der Waals surface area contributed by atoms with Gasteiger partial charge >= 0.3 is 10.1 Å². The second-order valence-electron chi connectivity index (χ2n) is 8.56. The summed E-state index contributed by atoms with van der Waals surface area (Å²) >= 11 is 24.6. The first-order valence-electron chi connectivity index (χ1n) is 10.9. The standard InChI is InChI=1S/C24H17Cl4NO5S/c25-19-17-18(20(26)22(28)21(19)27)24(31)16(23(17)30)14-10-9-12-13(29-14)7-4-8-15(12)34-35(32,33)11-5-2-1-3-6-11/h4,7-11,16H,1-3,5-6H2. The fourth-order valence-corrected chi connectivity index (χ4v) is 7.18. The number of nitrogens with zero attached hydrogens (tertiary/aromatic N) is 1. The summed E-state index contributed by atoms with van der Waals surface area (Å²) in [5.41, 5.74) is 0.358. The number of rotatable bonds is 4. The highest BCUT2D eigenvalue weighted by molar-refractivity contribution is 7.87. The fourth-order valence-electron chi connectivity index (χ4n) is 4.69. The molecule has 0 radical (unpaired) electrons. The third-order valence-electron chi connectivity index (χ3n) is 6.46. The van der Waals surface area contributed by atoms with Crippen molar-refractivity contribution < 1.29 is 22.2 Å². The van der Waals surface area contributed by atoms with Gasteiger partial charge < -0.3 is 4.18 Å². The van der Waals surface area contributed by atoms with E-state index in [-0.39, 0.29) is 42.7 Å². The van der Waals surface area contributed by atoms with Crippen molar-refractivity contribution in [3.05, 3.63) is 67.2 Å². The predicted octanol–water partition coefficient (Wildman–Crippen LogP) is 7.05. The molecule has 2 aliphatic carbocycles. The molecule has 11 heteroatoms. The summed E-state index contributed by atoms with van der Waals surface area (Å²) in [6, 6.07) is 7.86. The minimum absolute atomic E-state index is 0.0846. The Hall–Kier alpha value is -1.90. The van der Waals surface area contributed by atoms with Crippen LogP contribution in [-0.2, 0) is 10.1 Å². The lowest BCUT2D eigenvalue weighted by molar-refractivity contribution is 0.0888. The molecule has 6 nitrogen and oxygen atoms in total. The average Bonchev–Trinajstić information content (AvgIpc) is 3.11. The number of pyridine rings is 1. The van der Waals surface area contributed by atoms with Gasteiger partial charge in [-0.1, -0.05) is 71.7 Å². The molecule has 1 aromatic heterocycles. The van der Waals surface area contributed by atoms with Crippen LogP contribution in [0.1, 0.15) is 64.4 Å². The third-order valence-corrected chi connectivity index (χ3v) is 9.96. The molecular formula is C24H17Cl4NO5S. The summed E-state index contributed by atoms with van der Waals surface area (Å²) in [5.74, 6) is -2.32. The first-order chi connectivity index (χ1) is 16.6. The molecule has 1 fully saturated rings. The summed E-state index contributed by atoms with van der Waals surface area (Å²) in [6.07, 6.45) is 3.86. The van der Waals surface area contributed by atoms with Crippen molar-refractivity contribution in [2.75, 3.05) is 0 Å². The van der Waals surface area contributed by atoms with Crippen molar-refractivity contribution in [3.8, 4) is 5.75 Å². The molecule has 0 bridgehead atoms. The highest BCUT2D eigenvalue weighted by atomic mass is 35.5. The van der Waals surface area contributed by atoms with Crippen LogP contribution in [-0.4, -0.2) is 30.2 Å². The first kappa shape index (κ1) is 24.8. The molecule has 5 rings (SSSR count). The van der Waals surface area contributed by atoms with Gasteiger partial charge in [0.15, 0.2) is 17.3 Å². The van der Waals surface area contributed by atoms with Gasteiger partial charge in [-0.15, -0.1) is 0 Å². The van der Waals surface area contributed by atoms with Crippen LogP contribution in [0.4, 0.5) is 0 Å². The number of hydrogen-bond donors (Lipinski definition) is 0. The number of hydrogen-bond acceptors (Lipinski definition) is 6.